The van der Waals surface area contributed by atoms with Gasteiger partial charge in [0, 0.05) is 0 Å². The molecule has 0 saturated carbocycles. The van der Waals surface area contributed by atoms with E-state index in [4.69, 9.17) is 0 Å². The molecule has 1 heterocycles. The van der Waals surface area contributed by atoms with Gasteiger partial charge in [-0.3, -0.25) is 0 Å². The van der Waals surface area contributed by atoms with Crippen molar-refractivity contribution in [3.05, 3.63) is 40.7 Å². The van der Waals surface area contributed by atoms with E-state index in [-0.39, 0.29) is 6.61 Å². The molecular weight excluding hydrogens is 214 g/mol. The molecule has 4 heteroatoms. The molecule has 4 nitrogen and oxygen atoms in total. The first-order chi connectivity index (χ1) is 8.19. The summed E-state index contributed by atoms with van der Waals surface area (Å²) in [6.45, 7) is 6.13. The molecule has 1 aromatic heterocycles. The number of nitrogens with zero attached hydrogens (tertiary/aromatic N) is 3. The van der Waals surface area contributed by atoms with Crippen LogP contribution in [0.15, 0.2) is 18.2 Å². The maximum atomic E-state index is 9.22. The molecule has 0 fully saturated rings. The van der Waals surface area contributed by atoms with E-state index in [0.717, 1.165) is 17.8 Å². The van der Waals surface area contributed by atoms with E-state index in [1.807, 2.05) is 23.7 Å². The fourth-order valence-corrected chi connectivity index (χ4v) is 1.97. The van der Waals surface area contributed by atoms with E-state index in [2.05, 4.69) is 30.2 Å². The molecule has 2 aromatic rings. The van der Waals surface area contributed by atoms with E-state index in [1.54, 1.807) is 0 Å². The summed E-state index contributed by atoms with van der Waals surface area (Å²) < 4.78 is 1.83. The Hall–Kier alpha value is -1.68. The predicted molar refractivity (Wildman–Crippen MR) is 66.1 cm³/mol. The van der Waals surface area contributed by atoms with Gasteiger partial charge in [0.1, 0.15) is 5.69 Å². The molecule has 0 radical (unpaired) electrons. The molecule has 0 aliphatic rings. The van der Waals surface area contributed by atoms with Crippen LogP contribution in [0.3, 0.4) is 0 Å². The van der Waals surface area contributed by atoms with Crippen molar-refractivity contribution in [3.8, 4) is 5.69 Å². The lowest BCUT2D eigenvalue weighted by Gasteiger charge is -2.10. The lowest BCUT2D eigenvalue weighted by Crippen LogP contribution is -2.05. The molecule has 2 rings (SSSR count). The summed E-state index contributed by atoms with van der Waals surface area (Å²) in [6.07, 6.45) is 0.802. The summed E-state index contributed by atoms with van der Waals surface area (Å²) in [5.74, 6) is 0. The van der Waals surface area contributed by atoms with Crippen molar-refractivity contribution in [2.45, 2.75) is 33.8 Å². The number of rotatable bonds is 3. The quantitative estimate of drug-likeness (QED) is 0.878. The third kappa shape index (κ3) is 1.96. The zero-order chi connectivity index (χ0) is 12.4. The summed E-state index contributed by atoms with van der Waals surface area (Å²) >= 11 is 0. The zero-order valence-corrected chi connectivity index (χ0v) is 10.4. The van der Waals surface area contributed by atoms with E-state index in [1.165, 1.54) is 11.1 Å². The molecule has 17 heavy (non-hydrogen) atoms. The van der Waals surface area contributed by atoms with E-state index in [9.17, 15) is 5.11 Å². The minimum absolute atomic E-state index is 0.0615. The molecule has 0 aliphatic heterocycles. The largest absolute Gasteiger partial charge is 0.390 e. The van der Waals surface area contributed by atoms with Gasteiger partial charge in [-0.1, -0.05) is 24.3 Å². The van der Waals surface area contributed by atoms with Crippen LogP contribution >= 0.6 is 0 Å². The number of aromatic nitrogens is 3. The summed E-state index contributed by atoms with van der Waals surface area (Å²) in [5.41, 5.74) is 5.09. The summed E-state index contributed by atoms with van der Waals surface area (Å²) in [7, 11) is 0. The predicted octanol–water partition coefficient (Wildman–Crippen LogP) is 1.94. The molecule has 0 saturated heterocycles. The Morgan fingerprint density at radius 2 is 2.06 bits per heavy atom. The molecule has 1 aromatic carbocycles. The Kier molecular flexibility index (Phi) is 3.24. The SMILES string of the molecule is CCc1c(CO)nnn1-c1cccc(C)c1C. The fraction of sp³-hybridized carbons (Fsp3) is 0.385. The van der Waals surface area contributed by atoms with Gasteiger partial charge >= 0.3 is 0 Å². The monoisotopic (exact) mass is 231 g/mol. The number of aliphatic hydroxyl groups is 1. The van der Waals surface area contributed by atoms with E-state index < -0.39 is 0 Å². The molecule has 0 aliphatic carbocycles. The highest BCUT2D eigenvalue weighted by Crippen LogP contribution is 2.19. The highest BCUT2D eigenvalue weighted by Gasteiger charge is 2.13. The van der Waals surface area contributed by atoms with E-state index >= 15 is 0 Å². The van der Waals surface area contributed by atoms with Gasteiger partial charge < -0.3 is 5.11 Å². The molecule has 1 N–H and O–H groups in total. The first-order valence-corrected chi connectivity index (χ1v) is 5.80. The average Bonchev–Trinajstić information content (AvgIpc) is 2.75. The van der Waals surface area contributed by atoms with Crippen LogP contribution in [0, 0.1) is 13.8 Å². The second-order valence-corrected chi connectivity index (χ2v) is 4.13. The van der Waals surface area contributed by atoms with Crippen molar-refractivity contribution in [2.24, 2.45) is 0 Å². The molecule has 0 unspecified atom stereocenters. The first-order valence-electron chi connectivity index (χ1n) is 5.80. The summed E-state index contributed by atoms with van der Waals surface area (Å²) in [5, 5.41) is 17.4. The highest BCUT2D eigenvalue weighted by atomic mass is 16.3. The minimum atomic E-state index is -0.0615. The van der Waals surface area contributed by atoms with Crippen LogP contribution in [0.5, 0.6) is 0 Å². The zero-order valence-electron chi connectivity index (χ0n) is 10.4. The number of hydrogen-bond acceptors (Lipinski definition) is 3. The Bertz CT molecular complexity index is 531. The summed E-state index contributed by atoms with van der Waals surface area (Å²) in [6, 6.07) is 6.11. The van der Waals surface area contributed by atoms with Crippen molar-refractivity contribution in [1.82, 2.24) is 15.0 Å². The minimum Gasteiger partial charge on any atom is -0.390 e. The van der Waals surface area contributed by atoms with Gasteiger partial charge in [0.2, 0.25) is 0 Å². The fourth-order valence-electron chi connectivity index (χ4n) is 1.97. The van der Waals surface area contributed by atoms with Gasteiger partial charge in [-0.15, -0.1) is 5.10 Å². The van der Waals surface area contributed by atoms with Crippen molar-refractivity contribution in [1.29, 1.82) is 0 Å². The van der Waals surface area contributed by atoms with Crippen LogP contribution in [-0.2, 0) is 13.0 Å². The van der Waals surface area contributed by atoms with Crippen molar-refractivity contribution < 1.29 is 5.11 Å². The van der Waals surface area contributed by atoms with Crippen LogP contribution in [0.4, 0.5) is 0 Å². The number of benzene rings is 1. The third-order valence-electron chi connectivity index (χ3n) is 3.13. The van der Waals surface area contributed by atoms with Crippen LogP contribution in [-0.4, -0.2) is 20.1 Å². The van der Waals surface area contributed by atoms with Crippen LogP contribution in [0.25, 0.3) is 5.69 Å². The lowest BCUT2D eigenvalue weighted by atomic mass is 10.1. The van der Waals surface area contributed by atoms with Crippen molar-refractivity contribution in [3.63, 3.8) is 0 Å². The number of aliphatic hydroxyl groups excluding tert-OH is 1. The normalized spacial score (nSPS) is 10.8. The number of aryl methyl sites for hydroxylation is 1. The maximum absolute atomic E-state index is 9.22. The number of hydrogen-bond donors (Lipinski definition) is 1. The Labute approximate surface area is 101 Å². The van der Waals surface area contributed by atoms with Crippen LogP contribution in [0.1, 0.15) is 29.4 Å². The average molecular weight is 231 g/mol. The molecule has 0 bridgehead atoms. The Morgan fingerprint density at radius 1 is 1.29 bits per heavy atom. The first kappa shape index (κ1) is 11.8. The molecule has 0 atom stereocenters. The van der Waals surface area contributed by atoms with Gasteiger partial charge in [0.25, 0.3) is 0 Å². The molecule has 90 valence electrons. The molecular formula is C13H17N3O. The maximum Gasteiger partial charge on any atom is 0.112 e. The van der Waals surface area contributed by atoms with Gasteiger partial charge in [0.05, 0.1) is 18.0 Å². The molecule has 0 amide bonds. The van der Waals surface area contributed by atoms with Gasteiger partial charge in [-0.05, 0) is 37.5 Å². The van der Waals surface area contributed by atoms with Crippen molar-refractivity contribution >= 4 is 0 Å². The van der Waals surface area contributed by atoms with Gasteiger partial charge in [-0.25, -0.2) is 4.68 Å². The van der Waals surface area contributed by atoms with Crippen LogP contribution < -0.4 is 0 Å². The van der Waals surface area contributed by atoms with E-state index in [0.29, 0.717) is 5.69 Å². The second kappa shape index (κ2) is 4.67. The topological polar surface area (TPSA) is 50.9 Å². The van der Waals surface area contributed by atoms with Gasteiger partial charge in [-0.2, -0.15) is 0 Å². The standard InChI is InChI=1S/C13H17N3O/c1-4-12-11(8-17)14-15-16(12)13-7-5-6-9(2)10(13)3/h5-7,17H,4,8H2,1-3H3. The lowest BCUT2D eigenvalue weighted by molar-refractivity contribution is 0.275. The Balaban J connectivity index is 2.60. The molecule has 0 spiro atoms. The van der Waals surface area contributed by atoms with Gasteiger partial charge in [0.15, 0.2) is 0 Å². The highest BCUT2D eigenvalue weighted by molar-refractivity contribution is 5.45. The smallest absolute Gasteiger partial charge is 0.112 e. The third-order valence-corrected chi connectivity index (χ3v) is 3.13. The Morgan fingerprint density at radius 3 is 2.71 bits per heavy atom. The van der Waals surface area contributed by atoms with Crippen molar-refractivity contribution in [2.75, 3.05) is 0 Å². The van der Waals surface area contributed by atoms with Crippen LogP contribution in [0.2, 0.25) is 0 Å². The summed E-state index contributed by atoms with van der Waals surface area (Å²) in [4.78, 5) is 0. The second-order valence-electron chi connectivity index (χ2n) is 4.13.